The van der Waals surface area contributed by atoms with Gasteiger partial charge in [-0.3, -0.25) is 9.69 Å². The average molecular weight is 483 g/mol. The van der Waals surface area contributed by atoms with Crippen molar-refractivity contribution in [2.24, 2.45) is 0 Å². The van der Waals surface area contributed by atoms with Crippen molar-refractivity contribution in [3.05, 3.63) is 82.9 Å². The Morgan fingerprint density at radius 2 is 1.79 bits per heavy atom. The maximum atomic E-state index is 12.2. The molecule has 0 bridgehead atoms. The predicted octanol–water partition coefficient (Wildman–Crippen LogP) is 3.37. The van der Waals surface area contributed by atoms with E-state index in [4.69, 9.17) is 5.11 Å². The molecule has 6 nitrogen and oxygen atoms in total. The molecule has 182 valence electrons. The maximum absolute atomic E-state index is 12.2. The van der Waals surface area contributed by atoms with E-state index < -0.39 is 16.6 Å². The molecule has 1 N–H and O–H groups in total. The number of nitrogens with zero attached hydrogens (tertiary/aromatic N) is 2. The lowest BCUT2D eigenvalue weighted by Crippen LogP contribution is -2.30. The average Bonchev–Trinajstić information content (AvgIpc) is 3.24. The molecule has 0 saturated carbocycles. The van der Waals surface area contributed by atoms with Gasteiger partial charge in [-0.2, -0.15) is 0 Å². The number of aliphatic hydroxyl groups excluding tert-OH is 1. The number of benzene rings is 2. The summed E-state index contributed by atoms with van der Waals surface area (Å²) >= 11 is 0. The van der Waals surface area contributed by atoms with Crippen LogP contribution in [0.15, 0.2) is 60.7 Å². The zero-order valence-corrected chi connectivity index (χ0v) is 20.8. The molecule has 7 heteroatoms. The molecule has 0 radical (unpaired) electrons. The number of ketones is 1. The number of fused-ring (bicyclic) bond motifs is 1. The number of carbonyl (C=O) groups excluding carboxylic acids is 1. The number of hydrogen-bond donors (Lipinski definition) is 1. The Kier molecular flexibility index (Phi) is 9.36. The van der Waals surface area contributed by atoms with Crippen LogP contribution < -0.4 is 0 Å². The van der Waals surface area contributed by atoms with Crippen LogP contribution in [0.3, 0.4) is 0 Å². The Labute approximate surface area is 203 Å². The van der Waals surface area contributed by atoms with Gasteiger partial charge in [-0.25, -0.2) is 12.7 Å². The first-order chi connectivity index (χ1) is 16.3. The molecule has 0 fully saturated rings. The van der Waals surface area contributed by atoms with Crippen LogP contribution in [0.2, 0.25) is 0 Å². The molecule has 0 heterocycles. The third-order valence-corrected chi connectivity index (χ3v) is 7.98. The van der Waals surface area contributed by atoms with Gasteiger partial charge in [-0.05, 0) is 59.7 Å². The molecule has 0 aliphatic heterocycles. The van der Waals surface area contributed by atoms with Gasteiger partial charge < -0.3 is 5.11 Å². The highest BCUT2D eigenvalue weighted by Crippen LogP contribution is 2.29. The standard InChI is InChI=1S/C27H34N2O4S/c1-28(2)34(32,33)19-5-17-29(18-16-25-14-13-24-6-3-4-7-27(24)25)20-23-10-8-22(9-11-23)12-15-26(31)21-30/h3-4,6-12,14-15,30H,5,13,16-21H2,1-2H3/b15-12+. The minimum absolute atomic E-state index is 0.130. The third kappa shape index (κ3) is 7.46. The summed E-state index contributed by atoms with van der Waals surface area (Å²) in [5, 5.41) is 8.84. The number of carbonyl (C=O) groups is 1. The molecule has 34 heavy (non-hydrogen) atoms. The molecule has 0 atom stereocenters. The minimum atomic E-state index is -3.22. The zero-order chi connectivity index (χ0) is 24.6. The van der Waals surface area contributed by atoms with E-state index in [9.17, 15) is 13.2 Å². The lowest BCUT2D eigenvalue weighted by atomic mass is 10.0. The normalized spacial score (nSPS) is 13.6. The predicted molar refractivity (Wildman–Crippen MR) is 138 cm³/mol. The summed E-state index contributed by atoms with van der Waals surface area (Å²) in [5.41, 5.74) is 6.06. The van der Waals surface area contributed by atoms with Gasteiger partial charge in [0.25, 0.3) is 0 Å². The number of sulfonamides is 1. The van der Waals surface area contributed by atoms with Gasteiger partial charge in [-0.15, -0.1) is 0 Å². The summed E-state index contributed by atoms with van der Waals surface area (Å²) in [5.74, 6) is -0.198. The fraction of sp³-hybridized carbons (Fsp3) is 0.370. The first-order valence-corrected chi connectivity index (χ1v) is 13.2. The number of hydrogen-bond acceptors (Lipinski definition) is 5. The van der Waals surface area contributed by atoms with Crippen molar-refractivity contribution in [1.29, 1.82) is 0 Å². The molecule has 0 unspecified atom stereocenters. The lowest BCUT2D eigenvalue weighted by Gasteiger charge is -2.23. The molecular weight excluding hydrogens is 448 g/mol. The van der Waals surface area contributed by atoms with Crippen molar-refractivity contribution in [2.45, 2.75) is 25.8 Å². The first kappa shape index (κ1) is 26.0. The molecule has 2 aromatic rings. The SMILES string of the molecule is CN(C)S(=O)(=O)CCCN(CCC1=CCc2ccccc21)Cc1ccc(/C=C/C(=O)CO)cc1. The summed E-state index contributed by atoms with van der Waals surface area (Å²) < 4.78 is 25.7. The second-order valence-corrected chi connectivity index (χ2v) is 11.1. The third-order valence-electron chi connectivity index (χ3n) is 6.07. The van der Waals surface area contributed by atoms with Crippen molar-refractivity contribution >= 4 is 27.5 Å². The van der Waals surface area contributed by atoms with Crippen LogP contribution in [0.4, 0.5) is 0 Å². The zero-order valence-electron chi connectivity index (χ0n) is 20.0. The van der Waals surface area contributed by atoms with Gasteiger partial charge in [0.05, 0.1) is 5.75 Å². The Morgan fingerprint density at radius 1 is 1.06 bits per heavy atom. The largest absolute Gasteiger partial charge is 0.388 e. The van der Waals surface area contributed by atoms with E-state index in [1.807, 2.05) is 24.3 Å². The van der Waals surface area contributed by atoms with Crippen LogP contribution in [0, 0.1) is 0 Å². The molecule has 0 amide bonds. The molecule has 0 spiro atoms. The van der Waals surface area contributed by atoms with E-state index in [0.717, 1.165) is 37.1 Å². The van der Waals surface area contributed by atoms with Crippen molar-refractivity contribution in [2.75, 3.05) is 39.5 Å². The highest BCUT2D eigenvalue weighted by Gasteiger charge is 2.17. The Hall–Kier alpha value is -2.58. The Morgan fingerprint density at radius 3 is 2.50 bits per heavy atom. The van der Waals surface area contributed by atoms with Crippen LogP contribution in [0.1, 0.15) is 35.1 Å². The van der Waals surface area contributed by atoms with E-state index in [2.05, 4.69) is 35.2 Å². The molecule has 1 aliphatic rings. The summed E-state index contributed by atoms with van der Waals surface area (Å²) in [7, 11) is -0.0749. The van der Waals surface area contributed by atoms with Gasteiger partial charge >= 0.3 is 0 Å². The lowest BCUT2D eigenvalue weighted by molar-refractivity contribution is -0.117. The number of allylic oxidation sites excluding steroid dienone is 1. The van der Waals surface area contributed by atoms with E-state index in [1.54, 1.807) is 20.2 Å². The number of aliphatic hydroxyl groups is 1. The topological polar surface area (TPSA) is 77.9 Å². The second-order valence-electron chi connectivity index (χ2n) is 8.77. The Bertz CT molecular complexity index is 1140. The summed E-state index contributed by atoms with van der Waals surface area (Å²) in [6, 6.07) is 16.4. The molecule has 3 rings (SSSR count). The van der Waals surface area contributed by atoms with Crippen LogP contribution >= 0.6 is 0 Å². The monoisotopic (exact) mass is 482 g/mol. The van der Waals surface area contributed by atoms with Gasteiger partial charge in [0.1, 0.15) is 6.61 Å². The van der Waals surface area contributed by atoms with Gasteiger partial charge in [0, 0.05) is 27.2 Å². The van der Waals surface area contributed by atoms with Crippen molar-refractivity contribution < 1.29 is 18.3 Å². The van der Waals surface area contributed by atoms with Crippen LogP contribution in [-0.4, -0.2) is 68.1 Å². The van der Waals surface area contributed by atoms with Gasteiger partial charge in [0.2, 0.25) is 10.0 Å². The summed E-state index contributed by atoms with van der Waals surface area (Å²) in [6.45, 7) is 1.76. The second kappa shape index (κ2) is 12.2. The smallest absolute Gasteiger partial charge is 0.213 e. The molecule has 0 saturated heterocycles. The molecule has 1 aliphatic carbocycles. The van der Waals surface area contributed by atoms with Crippen molar-refractivity contribution in [1.82, 2.24) is 9.21 Å². The molecular formula is C27H34N2O4S. The highest BCUT2D eigenvalue weighted by molar-refractivity contribution is 7.89. The van der Waals surface area contributed by atoms with Gasteiger partial charge in [-0.1, -0.05) is 60.7 Å². The number of rotatable bonds is 13. The quantitative estimate of drug-likeness (QED) is 0.443. The van der Waals surface area contributed by atoms with E-state index in [1.165, 1.54) is 27.1 Å². The molecule has 0 aromatic heterocycles. The van der Waals surface area contributed by atoms with E-state index in [-0.39, 0.29) is 11.5 Å². The summed E-state index contributed by atoms with van der Waals surface area (Å²) in [4.78, 5) is 13.6. The first-order valence-electron chi connectivity index (χ1n) is 11.6. The van der Waals surface area contributed by atoms with Crippen molar-refractivity contribution in [3.8, 4) is 0 Å². The van der Waals surface area contributed by atoms with Crippen LogP contribution in [0.5, 0.6) is 0 Å². The minimum Gasteiger partial charge on any atom is -0.388 e. The maximum Gasteiger partial charge on any atom is 0.213 e. The van der Waals surface area contributed by atoms with Gasteiger partial charge in [0.15, 0.2) is 5.78 Å². The van der Waals surface area contributed by atoms with Crippen molar-refractivity contribution in [3.63, 3.8) is 0 Å². The highest BCUT2D eigenvalue weighted by atomic mass is 32.2. The fourth-order valence-electron chi connectivity index (χ4n) is 4.03. The Balaban J connectivity index is 1.65. The molecule has 2 aromatic carbocycles. The summed E-state index contributed by atoms with van der Waals surface area (Å²) in [6.07, 6.45) is 7.83. The fourth-order valence-corrected chi connectivity index (χ4v) is 4.89. The van der Waals surface area contributed by atoms with E-state index in [0.29, 0.717) is 13.0 Å². The van der Waals surface area contributed by atoms with E-state index >= 15 is 0 Å². The van der Waals surface area contributed by atoms with Crippen LogP contribution in [-0.2, 0) is 27.8 Å². The van der Waals surface area contributed by atoms with Crippen LogP contribution in [0.25, 0.3) is 11.6 Å².